The minimum Gasteiger partial charge on any atom is -0.490 e. The van der Waals surface area contributed by atoms with Gasteiger partial charge in [-0.2, -0.15) is 0 Å². The maximum atomic E-state index is 14.3. The van der Waals surface area contributed by atoms with Crippen LogP contribution < -0.4 is 10.1 Å². The average Bonchev–Trinajstić information content (AvgIpc) is 3.06. The van der Waals surface area contributed by atoms with Gasteiger partial charge in [0.25, 0.3) is 11.8 Å². The summed E-state index contributed by atoms with van der Waals surface area (Å²) in [4.78, 5) is 47.8. The van der Waals surface area contributed by atoms with Crippen LogP contribution in [0.2, 0.25) is 0 Å². The van der Waals surface area contributed by atoms with Crippen molar-refractivity contribution in [3.05, 3.63) is 53.9 Å². The number of carbonyl (C=O) groups is 3. The van der Waals surface area contributed by atoms with Crippen molar-refractivity contribution in [3.63, 3.8) is 0 Å². The number of amides is 3. The van der Waals surface area contributed by atoms with Crippen molar-refractivity contribution < 1.29 is 29.0 Å². The molecule has 246 valence electrons. The minimum absolute atomic E-state index is 0.0168. The number of hydrogen-bond acceptors (Lipinski definition) is 7. The lowest BCUT2D eigenvalue weighted by atomic mass is 9.88. The largest absolute Gasteiger partial charge is 0.490 e. The molecule has 10 heteroatoms. The highest BCUT2D eigenvalue weighted by molar-refractivity contribution is 6.00. The van der Waals surface area contributed by atoms with Gasteiger partial charge in [0.05, 0.1) is 30.4 Å². The number of aliphatic hydroxyl groups is 1. The van der Waals surface area contributed by atoms with Crippen LogP contribution in [0.3, 0.4) is 0 Å². The molecule has 1 aromatic carbocycles. The number of nitrogens with one attached hydrogen (secondary N) is 1. The van der Waals surface area contributed by atoms with Crippen LogP contribution in [0.1, 0.15) is 92.9 Å². The molecule has 10 nitrogen and oxygen atoms in total. The van der Waals surface area contributed by atoms with Crippen LogP contribution in [-0.2, 0) is 9.53 Å². The maximum Gasteiger partial charge on any atom is 0.258 e. The number of hydrogen-bond donors (Lipinski definition) is 2. The fraction of sp³-hybridized carbons (Fsp3) is 0.600. The van der Waals surface area contributed by atoms with Crippen LogP contribution in [0.4, 0.5) is 5.69 Å². The molecule has 0 bridgehead atoms. The van der Waals surface area contributed by atoms with Gasteiger partial charge < -0.3 is 29.7 Å². The third-order valence-electron chi connectivity index (χ3n) is 9.02. The van der Waals surface area contributed by atoms with E-state index >= 15 is 0 Å². The second kappa shape index (κ2) is 16.7. The Morgan fingerprint density at radius 3 is 2.49 bits per heavy atom. The summed E-state index contributed by atoms with van der Waals surface area (Å²) in [6, 6.07) is 8.15. The summed E-state index contributed by atoms with van der Waals surface area (Å²) in [7, 11) is 1.75. The molecule has 4 rings (SSSR count). The number of ether oxygens (including phenoxy) is 2. The third-order valence-corrected chi connectivity index (χ3v) is 9.02. The van der Waals surface area contributed by atoms with Gasteiger partial charge in [0.1, 0.15) is 5.75 Å². The van der Waals surface area contributed by atoms with Crippen LogP contribution in [0.25, 0.3) is 0 Å². The summed E-state index contributed by atoms with van der Waals surface area (Å²) < 4.78 is 12.7. The summed E-state index contributed by atoms with van der Waals surface area (Å²) in [5, 5.41) is 13.3. The number of nitrogens with zero attached hydrogens (tertiary/aromatic N) is 3. The second-order valence-corrected chi connectivity index (χ2v) is 12.8. The molecule has 45 heavy (non-hydrogen) atoms. The van der Waals surface area contributed by atoms with Crippen molar-refractivity contribution in [2.45, 2.75) is 90.4 Å². The lowest BCUT2D eigenvalue weighted by Crippen LogP contribution is -2.48. The molecular formula is C35H50N4O6. The number of benzene rings is 1. The molecule has 2 aliphatic rings. The lowest BCUT2D eigenvalue weighted by molar-refractivity contribution is -0.120. The van der Waals surface area contributed by atoms with E-state index in [0.29, 0.717) is 35.7 Å². The summed E-state index contributed by atoms with van der Waals surface area (Å²) in [5.74, 6) is -0.179. The molecule has 0 spiro atoms. The van der Waals surface area contributed by atoms with Crippen LogP contribution in [0, 0.1) is 11.8 Å². The molecule has 1 aliphatic carbocycles. The molecule has 1 saturated carbocycles. The van der Waals surface area contributed by atoms with Gasteiger partial charge in [-0.25, -0.2) is 0 Å². The first-order valence-corrected chi connectivity index (χ1v) is 16.5. The van der Waals surface area contributed by atoms with Crippen molar-refractivity contribution in [2.24, 2.45) is 11.8 Å². The molecule has 1 aromatic heterocycles. The van der Waals surface area contributed by atoms with Crippen LogP contribution in [0.5, 0.6) is 5.75 Å². The number of pyridine rings is 1. The smallest absolute Gasteiger partial charge is 0.258 e. The quantitative estimate of drug-likeness (QED) is 0.437. The van der Waals surface area contributed by atoms with Crippen LogP contribution in [0.15, 0.2) is 42.7 Å². The van der Waals surface area contributed by atoms with E-state index in [9.17, 15) is 19.5 Å². The van der Waals surface area contributed by atoms with E-state index in [4.69, 9.17) is 9.47 Å². The molecule has 0 saturated heterocycles. The van der Waals surface area contributed by atoms with Gasteiger partial charge in [0.15, 0.2) is 0 Å². The summed E-state index contributed by atoms with van der Waals surface area (Å²) >= 11 is 0. The molecule has 2 heterocycles. The Hall–Kier alpha value is -3.50. The average molecular weight is 623 g/mol. The van der Waals surface area contributed by atoms with Gasteiger partial charge in [0, 0.05) is 62.2 Å². The number of likely N-dealkylation sites (N-methyl/N-ethyl adjacent to an activating group) is 1. The molecule has 2 N–H and O–H groups in total. The highest BCUT2D eigenvalue weighted by Gasteiger charge is 2.31. The van der Waals surface area contributed by atoms with Crippen LogP contribution in [-0.4, -0.2) is 89.2 Å². The highest BCUT2D eigenvalue weighted by Crippen LogP contribution is 2.30. The van der Waals surface area contributed by atoms with Gasteiger partial charge in [0.2, 0.25) is 5.91 Å². The van der Waals surface area contributed by atoms with Gasteiger partial charge in [-0.15, -0.1) is 0 Å². The van der Waals surface area contributed by atoms with Crippen molar-refractivity contribution in [3.8, 4) is 5.75 Å². The Labute approximate surface area is 267 Å². The first-order chi connectivity index (χ1) is 21.7. The molecular weight excluding hydrogens is 572 g/mol. The zero-order valence-corrected chi connectivity index (χ0v) is 27.2. The second-order valence-electron chi connectivity index (χ2n) is 12.8. The number of aromatic nitrogens is 1. The summed E-state index contributed by atoms with van der Waals surface area (Å²) in [5.41, 5.74) is 1.44. The SMILES string of the molecule is C[C@@H]1CN([C@H](C)CO)C(=O)c2cc(NC(=O)C3CCCCC3)ccc2O[C@@H](C)CCCCO[C@@H]1CN(C)C(=O)c1ccncc1. The van der Waals surface area contributed by atoms with E-state index in [0.717, 1.165) is 51.4 Å². The van der Waals surface area contributed by atoms with E-state index in [1.165, 1.54) is 0 Å². The fourth-order valence-electron chi connectivity index (χ4n) is 6.14. The van der Waals surface area contributed by atoms with E-state index in [1.54, 1.807) is 66.5 Å². The van der Waals surface area contributed by atoms with Crippen molar-refractivity contribution >= 4 is 23.4 Å². The number of anilines is 1. The molecule has 0 radical (unpaired) electrons. The number of fused-ring (bicyclic) bond motifs is 1. The number of rotatable bonds is 7. The van der Waals surface area contributed by atoms with E-state index in [-0.39, 0.29) is 54.9 Å². The van der Waals surface area contributed by atoms with Gasteiger partial charge in [-0.05, 0) is 76.3 Å². The Morgan fingerprint density at radius 1 is 1.07 bits per heavy atom. The molecule has 2 aromatic rings. The Kier molecular flexibility index (Phi) is 12.8. The zero-order chi connectivity index (χ0) is 32.3. The molecule has 1 aliphatic heterocycles. The molecule has 4 atom stereocenters. The first-order valence-electron chi connectivity index (χ1n) is 16.5. The van der Waals surface area contributed by atoms with Crippen molar-refractivity contribution in [1.82, 2.24) is 14.8 Å². The lowest BCUT2D eigenvalue weighted by Gasteiger charge is -2.36. The maximum absolute atomic E-state index is 14.3. The normalized spacial score (nSPS) is 22.8. The molecule has 3 amide bonds. The number of carbonyl (C=O) groups excluding carboxylic acids is 3. The third kappa shape index (κ3) is 9.50. The van der Waals surface area contributed by atoms with E-state index in [2.05, 4.69) is 10.3 Å². The van der Waals surface area contributed by atoms with Gasteiger partial charge in [-0.1, -0.05) is 26.2 Å². The van der Waals surface area contributed by atoms with Gasteiger partial charge in [-0.3, -0.25) is 19.4 Å². The van der Waals surface area contributed by atoms with Crippen LogP contribution >= 0.6 is 0 Å². The van der Waals surface area contributed by atoms with Crippen molar-refractivity contribution in [1.29, 1.82) is 0 Å². The fourth-order valence-corrected chi connectivity index (χ4v) is 6.14. The number of aliphatic hydroxyl groups excluding tert-OH is 1. The highest BCUT2D eigenvalue weighted by atomic mass is 16.5. The predicted octanol–water partition coefficient (Wildman–Crippen LogP) is 5.17. The minimum atomic E-state index is -0.490. The van der Waals surface area contributed by atoms with E-state index < -0.39 is 6.04 Å². The Balaban J connectivity index is 1.61. The predicted molar refractivity (Wildman–Crippen MR) is 173 cm³/mol. The Bertz CT molecular complexity index is 1270. The zero-order valence-electron chi connectivity index (χ0n) is 27.2. The van der Waals surface area contributed by atoms with Gasteiger partial charge >= 0.3 is 0 Å². The standard InChI is InChI=1S/C35H50N4O6/c1-24-21-39(25(2)23-40)35(43)30-20-29(37-33(41)27-11-6-5-7-12-27)13-14-31(30)45-26(3)10-8-9-19-44-32(24)22-38(4)34(42)28-15-17-36-18-16-28/h13-18,20,24-27,32,40H,5-12,19,21-23H2,1-4H3,(H,37,41)/t24-,25-,26+,32-/m1/s1. The summed E-state index contributed by atoms with van der Waals surface area (Å²) in [6.45, 7) is 6.71. The first kappa shape index (κ1) is 34.4. The molecule has 1 fully saturated rings. The Morgan fingerprint density at radius 2 is 1.78 bits per heavy atom. The monoisotopic (exact) mass is 622 g/mol. The molecule has 0 unspecified atom stereocenters. The van der Waals surface area contributed by atoms with E-state index in [1.807, 2.05) is 13.8 Å². The van der Waals surface area contributed by atoms with Crippen molar-refractivity contribution in [2.75, 3.05) is 38.7 Å². The topological polar surface area (TPSA) is 121 Å². The summed E-state index contributed by atoms with van der Waals surface area (Å²) in [6.07, 6.45) is 10.2.